The van der Waals surface area contributed by atoms with Gasteiger partial charge in [0.15, 0.2) is 5.78 Å². The minimum Gasteiger partial charge on any atom is -0.466 e. The minimum atomic E-state index is -0.310. The highest BCUT2D eigenvalue weighted by atomic mass is 79.9. The third kappa shape index (κ3) is 4.26. The third-order valence-corrected chi connectivity index (χ3v) is 3.24. The van der Waals surface area contributed by atoms with Gasteiger partial charge in [-0.1, -0.05) is 35.0 Å². The Hall–Kier alpha value is -1.16. The summed E-state index contributed by atoms with van der Waals surface area (Å²) in [6.45, 7) is 4.01. The van der Waals surface area contributed by atoms with Gasteiger partial charge in [0.25, 0.3) is 0 Å². The Morgan fingerprint density at radius 2 is 1.83 bits per heavy atom. The predicted molar refractivity (Wildman–Crippen MR) is 73.5 cm³/mol. The lowest BCUT2D eigenvalue weighted by molar-refractivity contribution is -0.143. The molecule has 1 rings (SSSR count). The Kier molecular flexibility index (Phi) is 6.05. The first-order chi connectivity index (χ1) is 8.58. The van der Waals surface area contributed by atoms with Crippen LogP contribution in [0.25, 0.3) is 0 Å². The van der Waals surface area contributed by atoms with Crippen LogP contribution in [0.4, 0.5) is 0 Å². The highest BCUT2D eigenvalue weighted by Crippen LogP contribution is 2.18. The van der Waals surface area contributed by atoms with E-state index in [2.05, 4.69) is 15.9 Å². The summed E-state index contributed by atoms with van der Waals surface area (Å²) in [6.07, 6.45) is 0.785. The maximum absolute atomic E-state index is 12.2. The van der Waals surface area contributed by atoms with Crippen molar-refractivity contribution in [2.75, 3.05) is 6.61 Å². The number of benzene rings is 1. The molecule has 4 heteroatoms. The lowest BCUT2D eigenvalue weighted by Crippen LogP contribution is -2.19. The summed E-state index contributed by atoms with van der Waals surface area (Å²) >= 11 is 3.32. The van der Waals surface area contributed by atoms with Crippen LogP contribution in [-0.4, -0.2) is 18.4 Å². The molecule has 0 fully saturated rings. The Balaban J connectivity index is 2.73. The number of halogens is 1. The summed E-state index contributed by atoms with van der Waals surface area (Å²) in [4.78, 5) is 23.6. The molecule has 0 saturated carbocycles. The molecule has 0 aliphatic heterocycles. The topological polar surface area (TPSA) is 43.4 Å². The average molecular weight is 313 g/mol. The molecule has 0 aromatic heterocycles. The van der Waals surface area contributed by atoms with Gasteiger partial charge in [-0.05, 0) is 25.5 Å². The van der Waals surface area contributed by atoms with Gasteiger partial charge < -0.3 is 4.74 Å². The number of ketones is 1. The quantitative estimate of drug-likeness (QED) is 0.595. The molecular formula is C14H17BrO3. The summed E-state index contributed by atoms with van der Waals surface area (Å²) < 4.78 is 5.81. The number of hydrogen-bond acceptors (Lipinski definition) is 3. The summed E-state index contributed by atoms with van der Waals surface area (Å²) in [5.74, 6) is -0.613. The van der Waals surface area contributed by atoms with Crippen molar-refractivity contribution in [1.82, 2.24) is 0 Å². The Bertz CT molecular complexity index is 412. The molecule has 98 valence electrons. The van der Waals surface area contributed by atoms with E-state index in [4.69, 9.17) is 4.74 Å². The summed E-state index contributed by atoms with van der Waals surface area (Å²) in [5, 5.41) is 0. The molecule has 1 atom stereocenters. The van der Waals surface area contributed by atoms with Crippen LogP contribution in [0.1, 0.15) is 37.0 Å². The second-order valence-electron chi connectivity index (χ2n) is 3.99. The van der Waals surface area contributed by atoms with E-state index in [-0.39, 0.29) is 24.1 Å². The lowest BCUT2D eigenvalue weighted by Gasteiger charge is -2.12. The first-order valence-corrected chi connectivity index (χ1v) is 6.83. The van der Waals surface area contributed by atoms with Gasteiger partial charge in [0, 0.05) is 16.0 Å². The largest absolute Gasteiger partial charge is 0.466 e. The van der Waals surface area contributed by atoms with Gasteiger partial charge in [-0.15, -0.1) is 0 Å². The average Bonchev–Trinajstić information content (AvgIpc) is 2.36. The van der Waals surface area contributed by atoms with Gasteiger partial charge in [-0.3, -0.25) is 9.59 Å². The molecule has 0 heterocycles. The Morgan fingerprint density at radius 1 is 1.22 bits per heavy atom. The molecule has 0 spiro atoms. The fourth-order valence-electron chi connectivity index (χ4n) is 1.69. The first kappa shape index (κ1) is 14.9. The number of esters is 1. The molecule has 0 aliphatic carbocycles. The van der Waals surface area contributed by atoms with Gasteiger partial charge >= 0.3 is 5.97 Å². The van der Waals surface area contributed by atoms with Crippen LogP contribution in [0, 0.1) is 5.92 Å². The van der Waals surface area contributed by atoms with Crippen LogP contribution in [-0.2, 0) is 9.53 Å². The molecule has 0 amide bonds. The Labute approximate surface area is 116 Å². The van der Waals surface area contributed by atoms with Gasteiger partial charge in [0.05, 0.1) is 13.0 Å². The molecule has 0 radical (unpaired) electrons. The zero-order valence-electron chi connectivity index (χ0n) is 10.6. The van der Waals surface area contributed by atoms with Crippen molar-refractivity contribution >= 4 is 27.7 Å². The van der Waals surface area contributed by atoms with Crippen LogP contribution in [0.2, 0.25) is 0 Å². The highest BCUT2D eigenvalue weighted by molar-refractivity contribution is 9.10. The SMILES string of the molecule is CCOC(=O)C[C@H](CC)C(=O)c1ccc(Br)cc1. The zero-order valence-corrected chi connectivity index (χ0v) is 12.2. The van der Waals surface area contributed by atoms with Crippen LogP contribution in [0.15, 0.2) is 28.7 Å². The van der Waals surface area contributed by atoms with Crippen molar-refractivity contribution in [3.8, 4) is 0 Å². The lowest BCUT2D eigenvalue weighted by atomic mass is 9.92. The number of rotatable bonds is 6. The maximum Gasteiger partial charge on any atom is 0.306 e. The fraction of sp³-hybridized carbons (Fsp3) is 0.429. The van der Waals surface area contributed by atoms with Crippen LogP contribution in [0.3, 0.4) is 0 Å². The molecule has 1 aromatic carbocycles. The monoisotopic (exact) mass is 312 g/mol. The number of carbonyl (C=O) groups is 2. The molecular weight excluding hydrogens is 296 g/mol. The number of ether oxygens (including phenoxy) is 1. The molecule has 0 bridgehead atoms. The van der Waals surface area contributed by atoms with Crippen molar-refractivity contribution in [3.05, 3.63) is 34.3 Å². The van der Waals surface area contributed by atoms with Gasteiger partial charge in [0.1, 0.15) is 0 Å². The van der Waals surface area contributed by atoms with Gasteiger partial charge in [0.2, 0.25) is 0 Å². The third-order valence-electron chi connectivity index (χ3n) is 2.71. The van der Waals surface area contributed by atoms with E-state index in [1.807, 2.05) is 19.1 Å². The number of Topliss-reactive ketones (excluding diaryl/α,β-unsaturated/α-hetero) is 1. The van der Waals surface area contributed by atoms with E-state index < -0.39 is 0 Å². The second-order valence-corrected chi connectivity index (χ2v) is 4.90. The molecule has 0 saturated heterocycles. The van der Waals surface area contributed by atoms with Crippen LogP contribution < -0.4 is 0 Å². The van der Waals surface area contributed by atoms with Crippen molar-refractivity contribution < 1.29 is 14.3 Å². The second kappa shape index (κ2) is 7.31. The van der Waals surface area contributed by atoms with Gasteiger partial charge in [-0.25, -0.2) is 0 Å². The van der Waals surface area contributed by atoms with Crippen molar-refractivity contribution in [3.63, 3.8) is 0 Å². The van der Waals surface area contributed by atoms with E-state index in [1.54, 1.807) is 19.1 Å². The zero-order chi connectivity index (χ0) is 13.5. The van der Waals surface area contributed by atoms with E-state index in [0.29, 0.717) is 18.6 Å². The highest BCUT2D eigenvalue weighted by Gasteiger charge is 2.21. The smallest absolute Gasteiger partial charge is 0.306 e. The van der Waals surface area contributed by atoms with Crippen molar-refractivity contribution in [2.24, 2.45) is 5.92 Å². The first-order valence-electron chi connectivity index (χ1n) is 6.03. The predicted octanol–water partition coefficient (Wildman–Crippen LogP) is 3.61. The maximum atomic E-state index is 12.2. The van der Waals surface area contributed by atoms with Gasteiger partial charge in [-0.2, -0.15) is 0 Å². The van der Waals surface area contributed by atoms with Crippen LogP contribution in [0.5, 0.6) is 0 Å². The number of carbonyl (C=O) groups excluding carboxylic acids is 2. The normalized spacial score (nSPS) is 11.9. The molecule has 0 unspecified atom stereocenters. The summed E-state index contributed by atoms with van der Waals surface area (Å²) in [6, 6.07) is 7.18. The van der Waals surface area contributed by atoms with E-state index >= 15 is 0 Å². The van der Waals surface area contributed by atoms with Crippen molar-refractivity contribution in [2.45, 2.75) is 26.7 Å². The van der Waals surface area contributed by atoms with E-state index in [1.165, 1.54) is 0 Å². The van der Waals surface area contributed by atoms with E-state index in [9.17, 15) is 9.59 Å². The summed E-state index contributed by atoms with van der Waals surface area (Å²) in [5.41, 5.74) is 0.634. The number of hydrogen-bond donors (Lipinski definition) is 0. The molecule has 3 nitrogen and oxygen atoms in total. The fourth-order valence-corrected chi connectivity index (χ4v) is 1.96. The standard InChI is InChI=1S/C14H17BrO3/c1-3-10(9-13(16)18-4-2)14(17)11-5-7-12(15)8-6-11/h5-8,10H,3-4,9H2,1-2H3/t10-/m0/s1. The molecule has 0 N–H and O–H groups in total. The molecule has 18 heavy (non-hydrogen) atoms. The van der Waals surface area contributed by atoms with E-state index in [0.717, 1.165) is 4.47 Å². The Morgan fingerprint density at radius 3 is 2.33 bits per heavy atom. The molecule has 0 aliphatic rings. The van der Waals surface area contributed by atoms with Crippen LogP contribution >= 0.6 is 15.9 Å². The minimum absolute atomic E-state index is 0.00180. The van der Waals surface area contributed by atoms with Crippen molar-refractivity contribution in [1.29, 1.82) is 0 Å². The molecule has 1 aromatic rings. The summed E-state index contributed by atoms with van der Waals surface area (Å²) in [7, 11) is 0.